The van der Waals surface area contributed by atoms with Crippen LogP contribution in [0.15, 0.2) is 27.6 Å². The lowest BCUT2D eigenvalue weighted by atomic mass is 10.1. The fourth-order valence-electron chi connectivity index (χ4n) is 2.41. The molecule has 2 atom stereocenters. The average Bonchev–Trinajstić information content (AvgIpc) is 2.74. The van der Waals surface area contributed by atoms with Gasteiger partial charge in [0.15, 0.2) is 0 Å². The van der Waals surface area contributed by atoms with Crippen LogP contribution in [0.2, 0.25) is 0 Å². The second kappa shape index (κ2) is 5.78. The van der Waals surface area contributed by atoms with E-state index >= 15 is 0 Å². The van der Waals surface area contributed by atoms with E-state index in [1.807, 2.05) is 0 Å². The van der Waals surface area contributed by atoms with Gasteiger partial charge in [-0.2, -0.15) is 0 Å². The molecule has 0 bridgehead atoms. The summed E-state index contributed by atoms with van der Waals surface area (Å²) < 4.78 is 27.8. The van der Waals surface area contributed by atoms with Gasteiger partial charge in [-0.15, -0.1) is 0 Å². The SMILES string of the molecule is Nc1ccc(S(=O)(=O)NC2CCCC2CO)c(Br)c1. The largest absolute Gasteiger partial charge is 0.399 e. The number of nitrogen functional groups attached to an aromatic ring is 1. The maximum atomic E-state index is 12.3. The number of halogens is 1. The first-order valence-electron chi connectivity index (χ1n) is 6.12. The van der Waals surface area contributed by atoms with Crippen LogP contribution in [0.1, 0.15) is 19.3 Å². The average molecular weight is 349 g/mol. The minimum Gasteiger partial charge on any atom is -0.399 e. The molecule has 2 unspecified atom stereocenters. The van der Waals surface area contributed by atoms with Gasteiger partial charge in [0.1, 0.15) is 0 Å². The van der Waals surface area contributed by atoms with Crippen molar-refractivity contribution >= 4 is 31.6 Å². The molecule has 1 aliphatic rings. The molecule has 0 heterocycles. The van der Waals surface area contributed by atoms with Crippen molar-refractivity contribution in [3.8, 4) is 0 Å². The maximum absolute atomic E-state index is 12.3. The van der Waals surface area contributed by atoms with Gasteiger partial charge in [-0.05, 0) is 52.9 Å². The lowest BCUT2D eigenvalue weighted by molar-refractivity contribution is 0.213. The molecule has 1 aliphatic carbocycles. The molecule has 1 saturated carbocycles. The Morgan fingerprint density at radius 2 is 2.16 bits per heavy atom. The molecule has 7 heteroatoms. The monoisotopic (exact) mass is 348 g/mol. The molecule has 4 N–H and O–H groups in total. The molecule has 0 radical (unpaired) electrons. The summed E-state index contributed by atoms with van der Waals surface area (Å²) in [7, 11) is -3.60. The smallest absolute Gasteiger partial charge is 0.241 e. The van der Waals surface area contributed by atoms with E-state index in [2.05, 4.69) is 20.7 Å². The third kappa shape index (κ3) is 3.28. The predicted octanol–water partition coefficient (Wildman–Crippen LogP) is 1.47. The third-order valence-corrected chi connectivity index (χ3v) is 5.91. The molecule has 1 fully saturated rings. The van der Waals surface area contributed by atoms with E-state index in [0.29, 0.717) is 10.2 Å². The summed E-state index contributed by atoms with van der Waals surface area (Å²) in [4.78, 5) is 0.172. The molecule has 19 heavy (non-hydrogen) atoms. The number of nitrogens with two attached hydrogens (primary N) is 1. The molecule has 0 spiro atoms. The Kier molecular flexibility index (Phi) is 4.50. The molecular formula is C12H17BrN2O3S. The molecule has 2 rings (SSSR count). The second-order valence-electron chi connectivity index (χ2n) is 4.79. The van der Waals surface area contributed by atoms with Gasteiger partial charge < -0.3 is 10.8 Å². The van der Waals surface area contributed by atoms with E-state index in [-0.39, 0.29) is 23.5 Å². The minimum absolute atomic E-state index is 0.00216. The van der Waals surface area contributed by atoms with Gasteiger partial charge in [0.2, 0.25) is 10.0 Å². The summed E-state index contributed by atoms with van der Waals surface area (Å²) in [6.45, 7) is 0.0100. The highest BCUT2D eigenvalue weighted by molar-refractivity contribution is 9.10. The lowest BCUT2D eigenvalue weighted by Crippen LogP contribution is -2.38. The number of hydrogen-bond donors (Lipinski definition) is 3. The number of aliphatic hydroxyl groups is 1. The van der Waals surface area contributed by atoms with Crippen LogP contribution in [0.4, 0.5) is 5.69 Å². The molecule has 1 aromatic rings. The van der Waals surface area contributed by atoms with Crippen LogP contribution in [0.25, 0.3) is 0 Å². The number of rotatable bonds is 4. The summed E-state index contributed by atoms with van der Waals surface area (Å²) in [5.74, 6) is 0.00216. The van der Waals surface area contributed by atoms with Crippen LogP contribution in [0, 0.1) is 5.92 Å². The molecular weight excluding hydrogens is 332 g/mol. The van der Waals surface area contributed by atoms with Crippen molar-refractivity contribution in [3.63, 3.8) is 0 Å². The van der Waals surface area contributed by atoms with Crippen molar-refractivity contribution in [2.24, 2.45) is 5.92 Å². The Morgan fingerprint density at radius 1 is 1.42 bits per heavy atom. The Morgan fingerprint density at radius 3 is 2.79 bits per heavy atom. The Bertz CT molecular complexity index is 562. The van der Waals surface area contributed by atoms with Crippen molar-refractivity contribution in [1.29, 1.82) is 0 Å². The van der Waals surface area contributed by atoms with Crippen LogP contribution < -0.4 is 10.5 Å². The summed E-state index contributed by atoms with van der Waals surface area (Å²) in [5.41, 5.74) is 6.10. The molecule has 5 nitrogen and oxygen atoms in total. The van der Waals surface area contributed by atoms with Crippen molar-refractivity contribution in [3.05, 3.63) is 22.7 Å². The normalized spacial score (nSPS) is 23.7. The highest BCUT2D eigenvalue weighted by Crippen LogP contribution is 2.29. The molecule has 0 saturated heterocycles. The van der Waals surface area contributed by atoms with Crippen molar-refractivity contribution < 1.29 is 13.5 Å². The van der Waals surface area contributed by atoms with Gasteiger partial charge in [0.25, 0.3) is 0 Å². The van der Waals surface area contributed by atoms with Crippen molar-refractivity contribution in [2.45, 2.75) is 30.2 Å². The number of aliphatic hydroxyl groups excluding tert-OH is 1. The van der Waals surface area contributed by atoms with Gasteiger partial charge >= 0.3 is 0 Å². The van der Waals surface area contributed by atoms with Crippen LogP contribution in [0.5, 0.6) is 0 Å². The van der Waals surface area contributed by atoms with E-state index in [0.717, 1.165) is 19.3 Å². The molecule has 106 valence electrons. The number of hydrogen-bond acceptors (Lipinski definition) is 4. The summed E-state index contributed by atoms with van der Waals surface area (Å²) in [6, 6.07) is 4.40. The third-order valence-electron chi connectivity index (χ3n) is 3.45. The van der Waals surface area contributed by atoms with Crippen LogP contribution in [-0.2, 0) is 10.0 Å². The number of benzene rings is 1. The number of anilines is 1. The number of nitrogens with one attached hydrogen (secondary N) is 1. The van der Waals surface area contributed by atoms with Gasteiger partial charge in [0.05, 0.1) is 4.90 Å². The molecule has 0 aliphatic heterocycles. The standard InChI is InChI=1S/C12H17BrN2O3S/c13-10-6-9(14)4-5-12(10)19(17,18)15-11-3-1-2-8(11)7-16/h4-6,8,11,15-16H,1-3,7,14H2. The highest BCUT2D eigenvalue weighted by Gasteiger charge is 2.31. The van der Waals surface area contributed by atoms with E-state index in [1.165, 1.54) is 6.07 Å². The Hall–Kier alpha value is -0.630. The molecule has 0 amide bonds. The zero-order valence-electron chi connectivity index (χ0n) is 10.3. The first kappa shape index (κ1) is 14.8. The summed E-state index contributed by atoms with van der Waals surface area (Å²) >= 11 is 3.22. The Balaban J connectivity index is 2.23. The van der Waals surface area contributed by atoms with E-state index in [1.54, 1.807) is 12.1 Å². The Labute approximate surface area is 121 Å². The zero-order chi connectivity index (χ0) is 14.0. The molecule has 1 aromatic carbocycles. The fraction of sp³-hybridized carbons (Fsp3) is 0.500. The van der Waals surface area contributed by atoms with Crippen LogP contribution in [-0.4, -0.2) is 26.2 Å². The quantitative estimate of drug-likeness (QED) is 0.718. The topological polar surface area (TPSA) is 92.4 Å². The van der Waals surface area contributed by atoms with E-state index in [9.17, 15) is 13.5 Å². The first-order chi connectivity index (χ1) is 8.94. The van der Waals surface area contributed by atoms with Gasteiger partial charge in [-0.1, -0.05) is 6.42 Å². The summed E-state index contributed by atoms with van der Waals surface area (Å²) in [5, 5.41) is 9.23. The predicted molar refractivity (Wildman–Crippen MR) is 77.1 cm³/mol. The van der Waals surface area contributed by atoms with Gasteiger partial charge in [-0.3, -0.25) is 0 Å². The van der Waals surface area contributed by atoms with Crippen molar-refractivity contribution in [1.82, 2.24) is 4.72 Å². The van der Waals surface area contributed by atoms with Gasteiger partial charge in [0, 0.05) is 22.8 Å². The molecule has 0 aromatic heterocycles. The fourth-order valence-corrected chi connectivity index (χ4v) is 4.84. The number of sulfonamides is 1. The van der Waals surface area contributed by atoms with Crippen LogP contribution in [0.3, 0.4) is 0 Å². The van der Waals surface area contributed by atoms with E-state index in [4.69, 9.17) is 5.73 Å². The first-order valence-corrected chi connectivity index (χ1v) is 8.40. The maximum Gasteiger partial charge on any atom is 0.241 e. The van der Waals surface area contributed by atoms with Crippen molar-refractivity contribution in [2.75, 3.05) is 12.3 Å². The highest BCUT2D eigenvalue weighted by atomic mass is 79.9. The zero-order valence-corrected chi connectivity index (χ0v) is 12.7. The van der Waals surface area contributed by atoms with Gasteiger partial charge in [-0.25, -0.2) is 13.1 Å². The van der Waals surface area contributed by atoms with E-state index < -0.39 is 10.0 Å². The second-order valence-corrected chi connectivity index (χ2v) is 7.33. The minimum atomic E-state index is -3.60. The summed E-state index contributed by atoms with van der Waals surface area (Å²) in [6.07, 6.45) is 2.55. The van der Waals surface area contributed by atoms with Crippen LogP contribution >= 0.6 is 15.9 Å². The lowest BCUT2D eigenvalue weighted by Gasteiger charge is -2.19.